The van der Waals surface area contributed by atoms with Gasteiger partial charge in [-0.15, -0.1) is 0 Å². The number of rotatable bonds is 9. The molecule has 0 radical (unpaired) electrons. The summed E-state index contributed by atoms with van der Waals surface area (Å²) in [6, 6.07) is 0.317. The van der Waals surface area contributed by atoms with E-state index in [-0.39, 0.29) is 0 Å². The maximum absolute atomic E-state index is 6.16. The molecule has 1 heterocycles. The molecule has 1 aromatic rings. The summed E-state index contributed by atoms with van der Waals surface area (Å²) in [5, 5.41) is 3.35. The molecular formula is C16H30N4O. The van der Waals surface area contributed by atoms with Crippen molar-refractivity contribution in [2.24, 2.45) is 5.92 Å². The number of ether oxygens (including phenoxy) is 1. The van der Waals surface area contributed by atoms with Crippen LogP contribution in [-0.4, -0.2) is 22.6 Å². The van der Waals surface area contributed by atoms with Crippen LogP contribution in [0.4, 0.5) is 11.5 Å². The van der Waals surface area contributed by atoms with Gasteiger partial charge in [-0.2, -0.15) is 4.98 Å². The minimum absolute atomic E-state index is 0.317. The van der Waals surface area contributed by atoms with E-state index in [2.05, 4.69) is 49.9 Å². The second kappa shape index (κ2) is 8.70. The first-order valence-corrected chi connectivity index (χ1v) is 8.03. The largest absolute Gasteiger partial charge is 0.476 e. The summed E-state index contributed by atoms with van der Waals surface area (Å²) in [7, 11) is 0. The molecule has 3 N–H and O–H groups in total. The molecule has 0 bridgehead atoms. The van der Waals surface area contributed by atoms with E-state index in [1.54, 1.807) is 0 Å². The van der Waals surface area contributed by atoms with Crippen molar-refractivity contribution in [3.8, 4) is 5.88 Å². The highest BCUT2D eigenvalue weighted by molar-refractivity contribution is 5.67. The average Bonchev–Trinajstić information content (AvgIpc) is 2.42. The summed E-state index contributed by atoms with van der Waals surface area (Å²) in [6.07, 6.45) is 3.91. The molecule has 1 unspecified atom stereocenters. The van der Waals surface area contributed by atoms with Gasteiger partial charge < -0.3 is 15.8 Å². The van der Waals surface area contributed by atoms with Crippen molar-refractivity contribution >= 4 is 11.5 Å². The van der Waals surface area contributed by atoms with Crippen LogP contribution in [0.2, 0.25) is 0 Å². The highest BCUT2D eigenvalue weighted by Crippen LogP contribution is 2.27. The molecule has 5 heteroatoms. The van der Waals surface area contributed by atoms with Gasteiger partial charge >= 0.3 is 0 Å². The summed E-state index contributed by atoms with van der Waals surface area (Å²) >= 11 is 0. The molecule has 0 aliphatic rings. The van der Waals surface area contributed by atoms with Crippen LogP contribution in [0.5, 0.6) is 5.88 Å². The van der Waals surface area contributed by atoms with Crippen LogP contribution in [0.25, 0.3) is 0 Å². The molecule has 5 nitrogen and oxygen atoms in total. The van der Waals surface area contributed by atoms with E-state index < -0.39 is 0 Å². The molecule has 0 aromatic carbocycles. The Kier molecular flexibility index (Phi) is 7.26. The van der Waals surface area contributed by atoms with Crippen LogP contribution in [0.1, 0.15) is 59.7 Å². The summed E-state index contributed by atoms with van der Waals surface area (Å²) in [5.41, 5.74) is 6.67. The Morgan fingerprint density at radius 2 is 1.90 bits per heavy atom. The number of nitrogens with one attached hydrogen (secondary N) is 1. The Bertz CT molecular complexity index is 435. The van der Waals surface area contributed by atoms with Crippen LogP contribution < -0.4 is 15.8 Å². The number of aromatic nitrogens is 2. The lowest BCUT2D eigenvalue weighted by Crippen LogP contribution is -2.18. The van der Waals surface area contributed by atoms with Crippen molar-refractivity contribution in [2.75, 3.05) is 17.7 Å². The lowest BCUT2D eigenvalue weighted by atomic mass is 10.1. The number of unbranched alkanes of at least 4 members (excludes halogenated alkanes) is 1. The van der Waals surface area contributed by atoms with E-state index in [1.165, 1.54) is 0 Å². The number of hydrogen-bond donors (Lipinski definition) is 2. The first kappa shape index (κ1) is 17.5. The molecule has 21 heavy (non-hydrogen) atoms. The van der Waals surface area contributed by atoms with E-state index in [9.17, 15) is 0 Å². The number of anilines is 2. The molecule has 0 aliphatic heterocycles. The Labute approximate surface area is 128 Å². The zero-order valence-electron chi connectivity index (χ0n) is 14.1. The van der Waals surface area contributed by atoms with Crippen LogP contribution >= 0.6 is 0 Å². The van der Waals surface area contributed by atoms with Gasteiger partial charge in [-0.3, -0.25) is 0 Å². The van der Waals surface area contributed by atoms with E-state index in [0.29, 0.717) is 36.0 Å². The second-order valence-corrected chi connectivity index (χ2v) is 5.96. The summed E-state index contributed by atoms with van der Waals surface area (Å²) < 4.78 is 5.74. The Morgan fingerprint density at radius 3 is 2.48 bits per heavy atom. The lowest BCUT2D eigenvalue weighted by Gasteiger charge is -2.17. The van der Waals surface area contributed by atoms with Gasteiger partial charge in [0, 0.05) is 12.5 Å². The van der Waals surface area contributed by atoms with Crippen molar-refractivity contribution in [3.63, 3.8) is 0 Å². The van der Waals surface area contributed by atoms with Crippen molar-refractivity contribution in [3.05, 3.63) is 5.82 Å². The number of hydrogen-bond acceptors (Lipinski definition) is 5. The predicted molar refractivity (Wildman–Crippen MR) is 88.8 cm³/mol. The molecular weight excluding hydrogens is 264 g/mol. The van der Waals surface area contributed by atoms with Crippen LogP contribution in [0.15, 0.2) is 0 Å². The van der Waals surface area contributed by atoms with Crippen molar-refractivity contribution in [1.82, 2.24) is 9.97 Å². The fraction of sp³-hybridized carbons (Fsp3) is 0.750. The third-order valence-corrected chi connectivity index (χ3v) is 3.28. The molecule has 120 valence electrons. The van der Waals surface area contributed by atoms with Gasteiger partial charge in [-0.1, -0.05) is 34.1 Å². The molecule has 0 aliphatic carbocycles. The van der Waals surface area contributed by atoms with Crippen molar-refractivity contribution in [2.45, 2.75) is 66.3 Å². The zero-order valence-corrected chi connectivity index (χ0v) is 14.1. The fourth-order valence-corrected chi connectivity index (χ4v) is 1.82. The molecule has 1 rings (SSSR count). The van der Waals surface area contributed by atoms with Gasteiger partial charge in [-0.25, -0.2) is 4.98 Å². The van der Waals surface area contributed by atoms with E-state index in [0.717, 1.165) is 31.5 Å². The predicted octanol–water partition coefficient (Wildman–Crippen LogP) is 3.65. The van der Waals surface area contributed by atoms with Crippen molar-refractivity contribution in [1.29, 1.82) is 0 Å². The molecule has 0 saturated carbocycles. The maximum Gasteiger partial charge on any atom is 0.242 e. The monoisotopic (exact) mass is 294 g/mol. The molecule has 0 saturated heterocycles. The van der Waals surface area contributed by atoms with Gasteiger partial charge in [0.25, 0.3) is 0 Å². The van der Waals surface area contributed by atoms with Gasteiger partial charge in [-0.05, 0) is 25.7 Å². The number of nitrogens with zero attached hydrogens (tertiary/aromatic N) is 2. The normalized spacial score (nSPS) is 12.5. The van der Waals surface area contributed by atoms with Crippen LogP contribution in [0, 0.1) is 5.92 Å². The average molecular weight is 294 g/mol. The third kappa shape index (κ3) is 5.78. The molecule has 1 aromatic heterocycles. The smallest absolute Gasteiger partial charge is 0.242 e. The Morgan fingerprint density at radius 1 is 1.19 bits per heavy atom. The summed E-state index contributed by atoms with van der Waals surface area (Å²) in [6.45, 7) is 11.3. The van der Waals surface area contributed by atoms with Gasteiger partial charge in [0.2, 0.25) is 5.88 Å². The zero-order chi connectivity index (χ0) is 15.8. The van der Waals surface area contributed by atoms with E-state index in [4.69, 9.17) is 10.5 Å². The molecule has 1 atom stereocenters. The molecule has 0 fully saturated rings. The fourth-order valence-electron chi connectivity index (χ4n) is 1.82. The highest BCUT2D eigenvalue weighted by atomic mass is 16.5. The second-order valence-electron chi connectivity index (χ2n) is 5.96. The first-order valence-electron chi connectivity index (χ1n) is 8.03. The number of nitrogen functional groups attached to an aromatic ring is 1. The standard InChI is InChI=1S/C16H30N4O/c1-6-8-9-21-16-14(17)15(18-12(5)7-2)19-13(20-16)10-11(3)4/h11-12H,6-10,17H2,1-5H3,(H,18,19,20). The maximum atomic E-state index is 6.16. The minimum atomic E-state index is 0.317. The van der Waals surface area contributed by atoms with Crippen LogP contribution in [0.3, 0.4) is 0 Å². The van der Waals surface area contributed by atoms with Gasteiger partial charge in [0.15, 0.2) is 5.82 Å². The summed E-state index contributed by atoms with van der Waals surface area (Å²) in [5.74, 6) is 2.49. The van der Waals surface area contributed by atoms with E-state index >= 15 is 0 Å². The third-order valence-electron chi connectivity index (χ3n) is 3.28. The van der Waals surface area contributed by atoms with E-state index in [1.807, 2.05) is 0 Å². The quantitative estimate of drug-likeness (QED) is 0.680. The van der Waals surface area contributed by atoms with Crippen LogP contribution in [-0.2, 0) is 6.42 Å². The lowest BCUT2D eigenvalue weighted by molar-refractivity contribution is 0.298. The molecule has 0 amide bonds. The van der Waals surface area contributed by atoms with Crippen molar-refractivity contribution < 1.29 is 4.74 Å². The minimum Gasteiger partial charge on any atom is -0.476 e. The first-order chi connectivity index (χ1) is 9.97. The Hall–Kier alpha value is -1.52. The number of nitrogens with two attached hydrogens (primary N) is 1. The SMILES string of the molecule is CCCCOc1nc(CC(C)C)nc(NC(C)CC)c1N. The van der Waals surface area contributed by atoms with Gasteiger partial charge in [0.1, 0.15) is 11.5 Å². The Balaban J connectivity index is 3.00. The topological polar surface area (TPSA) is 73.1 Å². The summed E-state index contributed by atoms with van der Waals surface area (Å²) in [4.78, 5) is 9.04. The molecule has 0 spiro atoms. The highest BCUT2D eigenvalue weighted by Gasteiger charge is 2.15. The van der Waals surface area contributed by atoms with Gasteiger partial charge in [0.05, 0.1) is 6.61 Å².